The van der Waals surface area contributed by atoms with Crippen molar-refractivity contribution in [3.63, 3.8) is 0 Å². The molecule has 0 unspecified atom stereocenters. The normalized spacial score (nSPS) is 15.0. The molecular weight excluding hydrogens is 314 g/mol. The van der Waals surface area contributed by atoms with E-state index >= 15 is 0 Å². The molecule has 1 aliphatic heterocycles. The van der Waals surface area contributed by atoms with Crippen LogP contribution in [-0.4, -0.2) is 49.4 Å². The fourth-order valence-electron chi connectivity index (χ4n) is 3.12. The molecule has 0 radical (unpaired) electrons. The number of amides is 2. The monoisotopic (exact) mass is 338 g/mol. The Kier molecular flexibility index (Phi) is 5.46. The van der Waals surface area contributed by atoms with Gasteiger partial charge in [0.1, 0.15) is 0 Å². The van der Waals surface area contributed by atoms with Crippen molar-refractivity contribution in [1.82, 2.24) is 4.90 Å². The molecule has 0 spiro atoms. The van der Waals surface area contributed by atoms with Crippen molar-refractivity contribution in [2.45, 2.75) is 6.92 Å². The van der Waals surface area contributed by atoms with Gasteiger partial charge in [-0.2, -0.15) is 0 Å². The zero-order valence-electron chi connectivity index (χ0n) is 14.5. The highest BCUT2D eigenvalue weighted by Gasteiger charge is 2.23. The zero-order valence-corrected chi connectivity index (χ0v) is 14.5. The van der Waals surface area contributed by atoms with Crippen LogP contribution in [0.5, 0.6) is 0 Å². The van der Waals surface area contributed by atoms with E-state index in [-0.39, 0.29) is 11.8 Å². The summed E-state index contributed by atoms with van der Waals surface area (Å²) in [5.41, 5.74) is 3.10. The van der Waals surface area contributed by atoms with Crippen LogP contribution in [0.3, 0.4) is 0 Å². The van der Waals surface area contributed by atoms with Crippen LogP contribution in [0.1, 0.15) is 6.92 Å². The molecule has 0 aromatic heterocycles. The lowest BCUT2D eigenvalue weighted by molar-refractivity contribution is -0.895. The summed E-state index contributed by atoms with van der Waals surface area (Å²) in [6, 6.07) is 18.1. The molecule has 2 aromatic carbocycles. The van der Waals surface area contributed by atoms with Crippen LogP contribution in [-0.2, 0) is 9.59 Å². The van der Waals surface area contributed by atoms with Crippen LogP contribution in [0, 0.1) is 0 Å². The first-order valence-electron chi connectivity index (χ1n) is 8.66. The number of quaternary nitrogens is 1. The molecule has 1 heterocycles. The van der Waals surface area contributed by atoms with Crippen LogP contribution >= 0.6 is 0 Å². The highest BCUT2D eigenvalue weighted by Crippen LogP contribution is 2.20. The minimum absolute atomic E-state index is 0.0127. The summed E-state index contributed by atoms with van der Waals surface area (Å²) in [4.78, 5) is 26.6. The molecule has 5 nitrogen and oxygen atoms in total. The zero-order chi connectivity index (χ0) is 17.6. The summed E-state index contributed by atoms with van der Waals surface area (Å²) >= 11 is 0. The maximum Gasteiger partial charge on any atom is 0.279 e. The molecule has 0 atom stereocenters. The van der Waals surface area contributed by atoms with Crippen molar-refractivity contribution in [2.75, 3.05) is 38.0 Å². The third-order valence-corrected chi connectivity index (χ3v) is 4.60. The number of anilines is 1. The van der Waals surface area contributed by atoms with E-state index in [1.165, 1.54) is 4.90 Å². The standard InChI is InChI=1S/C20H23N3O2/c1-16(24)23-13-11-22(12-14-23)15-20(25)21-19-9-7-18(8-10-19)17-5-3-2-4-6-17/h2-10H,11-15H2,1H3,(H,21,25)/p+1. The molecule has 3 rings (SSSR count). The van der Waals surface area contributed by atoms with E-state index in [1.807, 2.05) is 47.4 Å². The number of hydrogen-bond donors (Lipinski definition) is 2. The first-order valence-corrected chi connectivity index (χ1v) is 8.66. The van der Waals surface area contributed by atoms with Gasteiger partial charge in [-0.1, -0.05) is 42.5 Å². The maximum absolute atomic E-state index is 12.2. The van der Waals surface area contributed by atoms with Gasteiger partial charge in [0, 0.05) is 12.6 Å². The quantitative estimate of drug-likeness (QED) is 0.875. The Morgan fingerprint density at radius 3 is 2.16 bits per heavy atom. The summed E-state index contributed by atoms with van der Waals surface area (Å²) < 4.78 is 0. The number of hydrogen-bond acceptors (Lipinski definition) is 2. The van der Waals surface area contributed by atoms with E-state index in [1.54, 1.807) is 6.92 Å². The van der Waals surface area contributed by atoms with Gasteiger partial charge in [-0.05, 0) is 23.3 Å². The lowest BCUT2D eigenvalue weighted by atomic mass is 10.1. The average Bonchev–Trinajstić information content (AvgIpc) is 2.63. The Morgan fingerprint density at radius 2 is 1.56 bits per heavy atom. The average molecular weight is 338 g/mol. The second kappa shape index (κ2) is 7.94. The number of rotatable bonds is 4. The number of nitrogens with zero attached hydrogens (tertiary/aromatic N) is 1. The van der Waals surface area contributed by atoms with E-state index in [0.717, 1.165) is 43.0 Å². The van der Waals surface area contributed by atoms with Crippen LogP contribution < -0.4 is 10.2 Å². The lowest BCUT2D eigenvalue weighted by Crippen LogP contribution is -3.15. The van der Waals surface area contributed by atoms with Gasteiger partial charge in [0.15, 0.2) is 6.54 Å². The Morgan fingerprint density at radius 1 is 0.960 bits per heavy atom. The Balaban J connectivity index is 1.51. The molecule has 25 heavy (non-hydrogen) atoms. The molecule has 5 heteroatoms. The van der Waals surface area contributed by atoms with E-state index in [9.17, 15) is 9.59 Å². The molecule has 2 amide bonds. The number of benzene rings is 2. The van der Waals surface area contributed by atoms with Gasteiger partial charge >= 0.3 is 0 Å². The van der Waals surface area contributed by atoms with Crippen LogP contribution in [0.25, 0.3) is 11.1 Å². The molecule has 130 valence electrons. The topological polar surface area (TPSA) is 53.9 Å². The number of carbonyl (C=O) groups is 2. The first kappa shape index (κ1) is 17.2. The van der Waals surface area contributed by atoms with Crippen molar-refractivity contribution in [2.24, 2.45) is 0 Å². The fraction of sp³-hybridized carbons (Fsp3) is 0.300. The van der Waals surface area contributed by atoms with Crippen molar-refractivity contribution in [3.05, 3.63) is 54.6 Å². The van der Waals surface area contributed by atoms with Crippen LogP contribution in [0.2, 0.25) is 0 Å². The van der Waals surface area contributed by atoms with Gasteiger partial charge in [0.25, 0.3) is 5.91 Å². The van der Waals surface area contributed by atoms with E-state index < -0.39 is 0 Å². The van der Waals surface area contributed by atoms with E-state index in [4.69, 9.17) is 0 Å². The largest absolute Gasteiger partial charge is 0.332 e. The molecule has 0 aliphatic carbocycles. The third kappa shape index (κ3) is 4.67. The van der Waals surface area contributed by atoms with Crippen molar-refractivity contribution >= 4 is 17.5 Å². The second-order valence-electron chi connectivity index (χ2n) is 6.42. The van der Waals surface area contributed by atoms with Gasteiger partial charge < -0.3 is 15.1 Å². The molecule has 1 saturated heterocycles. The van der Waals surface area contributed by atoms with Crippen molar-refractivity contribution < 1.29 is 14.5 Å². The SMILES string of the molecule is CC(=O)N1CC[NH+](CC(=O)Nc2ccc(-c3ccccc3)cc2)CC1. The highest BCUT2D eigenvalue weighted by atomic mass is 16.2. The van der Waals surface area contributed by atoms with Gasteiger partial charge in [-0.3, -0.25) is 9.59 Å². The third-order valence-electron chi connectivity index (χ3n) is 4.60. The van der Waals surface area contributed by atoms with Crippen molar-refractivity contribution in [3.8, 4) is 11.1 Å². The highest BCUT2D eigenvalue weighted by molar-refractivity contribution is 5.91. The Labute approximate surface area is 148 Å². The number of nitrogens with one attached hydrogen (secondary N) is 2. The second-order valence-corrected chi connectivity index (χ2v) is 6.42. The van der Waals surface area contributed by atoms with Crippen molar-refractivity contribution in [1.29, 1.82) is 0 Å². The minimum Gasteiger partial charge on any atom is -0.332 e. The molecule has 1 aliphatic rings. The molecular formula is C20H24N3O2+. The smallest absolute Gasteiger partial charge is 0.279 e. The van der Waals surface area contributed by atoms with Gasteiger partial charge in [0.2, 0.25) is 5.91 Å². The summed E-state index contributed by atoms with van der Waals surface area (Å²) in [6.07, 6.45) is 0. The van der Waals surface area contributed by atoms with Crippen LogP contribution in [0.15, 0.2) is 54.6 Å². The van der Waals surface area contributed by atoms with E-state index in [2.05, 4.69) is 17.4 Å². The predicted octanol–water partition coefficient (Wildman–Crippen LogP) is 1.04. The van der Waals surface area contributed by atoms with Crippen LogP contribution in [0.4, 0.5) is 5.69 Å². The van der Waals surface area contributed by atoms with Gasteiger partial charge in [-0.15, -0.1) is 0 Å². The summed E-state index contributed by atoms with van der Waals surface area (Å²) in [5.74, 6) is 0.126. The molecule has 2 aromatic rings. The summed E-state index contributed by atoms with van der Waals surface area (Å²) in [6.45, 7) is 5.12. The molecule has 0 saturated carbocycles. The number of piperazine rings is 1. The van der Waals surface area contributed by atoms with E-state index in [0.29, 0.717) is 6.54 Å². The molecule has 0 bridgehead atoms. The molecule has 2 N–H and O–H groups in total. The summed E-state index contributed by atoms with van der Waals surface area (Å²) in [5, 5.41) is 2.96. The Hall–Kier alpha value is -2.66. The number of carbonyl (C=O) groups excluding carboxylic acids is 2. The van der Waals surface area contributed by atoms with Gasteiger partial charge in [0.05, 0.1) is 26.2 Å². The Bertz CT molecular complexity index is 720. The maximum atomic E-state index is 12.2. The minimum atomic E-state index is 0.0127. The summed E-state index contributed by atoms with van der Waals surface area (Å²) in [7, 11) is 0. The predicted molar refractivity (Wildman–Crippen MR) is 98.3 cm³/mol. The molecule has 1 fully saturated rings. The van der Waals surface area contributed by atoms with Gasteiger partial charge in [-0.25, -0.2) is 0 Å². The first-order chi connectivity index (χ1) is 12.1. The lowest BCUT2D eigenvalue weighted by Gasteiger charge is -2.31. The fourth-order valence-corrected chi connectivity index (χ4v) is 3.12.